The molecule has 1 saturated heterocycles. The first-order chi connectivity index (χ1) is 23.4. The van der Waals surface area contributed by atoms with Crippen LogP contribution in [0.5, 0.6) is 0 Å². The Labute approximate surface area is 284 Å². The molecule has 0 spiro atoms. The van der Waals surface area contributed by atoms with Crippen molar-refractivity contribution >= 4 is 18.1 Å². The number of hydrazine groups is 1. The molecule has 1 fully saturated rings. The second kappa shape index (κ2) is 13.7. The largest absolute Gasteiger partial charge is 0.448 e. The molecule has 0 saturated carbocycles. The molecule has 1 aliphatic carbocycles. The molecule has 49 heavy (non-hydrogen) atoms. The average molecular weight is 670 g/mol. The van der Waals surface area contributed by atoms with E-state index >= 15 is 0 Å². The van der Waals surface area contributed by atoms with Gasteiger partial charge in [-0.2, -0.15) is 5.10 Å². The van der Waals surface area contributed by atoms with Crippen molar-refractivity contribution in [3.63, 3.8) is 0 Å². The molecule has 4 aromatic rings. The number of rotatable bonds is 8. The Balaban J connectivity index is 1.13. The number of benzene rings is 2. The lowest BCUT2D eigenvalue weighted by atomic mass is 9.86. The molecule has 6 rings (SSSR count). The van der Waals surface area contributed by atoms with Crippen LogP contribution < -0.4 is 16.2 Å². The van der Waals surface area contributed by atoms with Crippen LogP contribution in [0.15, 0.2) is 79.3 Å². The van der Waals surface area contributed by atoms with Crippen LogP contribution in [0, 0.1) is 5.82 Å². The van der Waals surface area contributed by atoms with E-state index in [0.717, 1.165) is 28.5 Å². The van der Waals surface area contributed by atoms with Gasteiger partial charge in [-0.25, -0.2) is 29.1 Å². The van der Waals surface area contributed by atoms with Gasteiger partial charge in [0.2, 0.25) is 5.91 Å². The van der Waals surface area contributed by atoms with Crippen LogP contribution >= 0.6 is 0 Å². The number of fused-ring (bicyclic) bond motifs is 3. The normalized spacial score (nSPS) is 15.9. The number of aromatic nitrogens is 3. The summed E-state index contributed by atoms with van der Waals surface area (Å²) in [4.78, 5) is 45.8. The maximum atomic E-state index is 14.0. The zero-order chi connectivity index (χ0) is 34.8. The maximum Gasteiger partial charge on any atom is 0.421 e. The van der Waals surface area contributed by atoms with Gasteiger partial charge in [-0.05, 0) is 74.4 Å². The number of likely N-dealkylation sites (tertiary alicyclic amines) is 1. The molecule has 1 atom stereocenters. The highest BCUT2D eigenvalue weighted by molar-refractivity contribution is 5.87. The summed E-state index contributed by atoms with van der Waals surface area (Å²) in [6.07, 6.45) is 3.08. The summed E-state index contributed by atoms with van der Waals surface area (Å²) in [7, 11) is 0. The number of hydrogen-bond donors (Lipinski definition) is 3. The molecule has 2 aromatic carbocycles. The van der Waals surface area contributed by atoms with Crippen molar-refractivity contribution in [3.8, 4) is 16.9 Å². The molecule has 2 aliphatic rings. The molecule has 1 aliphatic heterocycles. The lowest BCUT2D eigenvalue weighted by molar-refractivity contribution is -0.131. The summed E-state index contributed by atoms with van der Waals surface area (Å²) in [6, 6.07) is 19.1. The zero-order valence-electron chi connectivity index (χ0n) is 27.9. The highest BCUT2D eigenvalue weighted by atomic mass is 19.1. The van der Waals surface area contributed by atoms with Crippen LogP contribution in [0.25, 0.3) is 16.9 Å². The molecule has 0 radical (unpaired) electrons. The topological polar surface area (TPSA) is 140 Å². The van der Waals surface area contributed by atoms with E-state index in [1.165, 1.54) is 10.9 Å². The van der Waals surface area contributed by atoms with Gasteiger partial charge < -0.3 is 19.7 Å². The van der Waals surface area contributed by atoms with Gasteiger partial charge >= 0.3 is 12.2 Å². The molecule has 13 heteroatoms. The highest BCUT2D eigenvalue weighted by Gasteiger charge is 2.44. The minimum atomic E-state index is -1.27. The predicted molar refractivity (Wildman–Crippen MR) is 179 cm³/mol. The Morgan fingerprint density at radius 1 is 0.980 bits per heavy atom. The molecule has 3 heterocycles. The van der Waals surface area contributed by atoms with Crippen LogP contribution in [0.1, 0.15) is 69.2 Å². The zero-order valence-corrected chi connectivity index (χ0v) is 27.9. The Morgan fingerprint density at radius 3 is 2.20 bits per heavy atom. The number of piperidine rings is 1. The number of nitrogens with zero attached hydrogens (tertiary/aromatic N) is 4. The summed E-state index contributed by atoms with van der Waals surface area (Å²) < 4.78 is 26.0. The molecule has 3 amide bonds. The van der Waals surface area contributed by atoms with E-state index < -0.39 is 35.2 Å². The summed E-state index contributed by atoms with van der Waals surface area (Å²) in [5, 5.41) is 6.95. The number of pyridine rings is 1. The fourth-order valence-corrected chi connectivity index (χ4v) is 6.24. The highest BCUT2D eigenvalue weighted by Crippen LogP contribution is 2.44. The van der Waals surface area contributed by atoms with Gasteiger partial charge in [0.05, 0.1) is 18.4 Å². The van der Waals surface area contributed by atoms with Crippen LogP contribution in [-0.2, 0) is 14.3 Å². The first-order valence-electron chi connectivity index (χ1n) is 16.3. The summed E-state index contributed by atoms with van der Waals surface area (Å²) in [5.74, 6) is -0.554. The van der Waals surface area contributed by atoms with E-state index in [9.17, 15) is 18.8 Å². The van der Waals surface area contributed by atoms with E-state index in [4.69, 9.17) is 9.47 Å². The quantitative estimate of drug-likeness (QED) is 0.212. The Morgan fingerprint density at radius 2 is 1.63 bits per heavy atom. The fraction of sp³-hybridized carbons (Fsp3) is 0.361. The standard InChI is InChI=1S/C36H40FN7O5/c1-23(24-13-14-31(38-19-24)44-21-25(37)20-39-44)40-32(45)36(15-17-43(18-16-36)34(47)49-35(2,3)4)42-41-33(46)48-22-30-28-11-7-5-9-26(28)27-10-6-8-12-29(27)30/h5-14,19-21,23,30,42H,15-18,22H2,1-4H3,(H,40,45)(H,41,46). The van der Waals surface area contributed by atoms with E-state index in [-0.39, 0.29) is 44.4 Å². The minimum Gasteiger partial charge on any atom is -0.448 e. The number of halogens is 1. The molecular formula is C36H40FN7O5. The smallest absolute Gasteiger partial charge is 0.421 e. The molecule has 12 nitrogen and oxygen atoms in total. The number of carbonyl (C=O) groups excluding carboxylic acids is 3. The van der Waals surface area contributed by atoms with Crippen molar-refractivity contribution in [1.29, 1.82) is 0 Å². The third-order valence-electron chi connectivity index (χ3n) is 8.86. The Bertz CT molecular complexity index is 1780. The van der Waals surface area contributed by atoms with Crippen LogP contribution in [0.3, 0.4) is 0 Å². The second-order valence-corrected chi connectivity index (χ2v) is 13.4. The number of amides is 3. The molecule has 1 unspecified atom stereocenters. The van der Waals surface area contributed by atoms with E-state index in [2.05, 4.69) is 38.4 Å². The van der Waals surface area contributed by atoms with Crippen molar-refractivity contribution in [2.24, 2.45) is 0 Å². The van der Waals surface area contributed by atoms with E-state index in [1.807, 2.05) is 43.3 Å². The molecular weight excluding hydrogens is 629 g/mol. The summed E-state index contributed by atoms with van der Waals surface area (Å²) >= 11 is 0. The number of ether oxygens (including phenoxy) is 2. The van der Waals surface area contributed by atoms with Crippen molar-refractivity contribution in [3.05, 3.63) is 102 Å². The van der Waals surface area contributed by atoms with Gasteiger partial charge in [0.25, 0.3) is 0 Å². The van der Waals surface area contributed by atoms with E-state index in [1.54, 1.807) is 44.0 Å². The Kier molecular flexibility index (Phi) is 9.37. The number of hydrogen-bond acceptors (Lipinski definition) is 8. The first kappa shape index (κ1) is 33.6. The third kappa shape index (κ3) is 7.41. The first-order valence-corrected chi connectivity index (χ1v) is 16.3. The van der Waals surface area contributed by atoms with Crippen molar-refractivity contribution in [2.75, 3.05) is 19.7 Å². The molecule has 2 aromatic heterocycles. The van der Waals surface area contributed by atoms with Gasteiger partial charge in [-0.15, -0.1) is 0 Å². The maximum absolute atomic E-state index is 14.0. The van der Waals surface area contributed by atoms with Gasteiger partial charge in [-0.3, -0.25) is 10.2 Å². The third-order valence-corrected chi connectivity index (χ3v) is 8.86. The van der Waals surface area contributed by atoms with Crippen molar-refractivity contribution in [2.45, 2.75) is 63.6 Å². The minimum absolute atomic E-state index is 0.109. The molecule has 3 N–H and O–H groups in total. The summed E-state index contributed by atoms with van der Waals surface area (Å²) in [6.45, 7) is 7.73. The lowest BCUT2D eigenvalue weighted by Crippen LogP contribution is -2.66. The molecule has 256 valence electrons. The van der Waals surface area contributed by atoms with E-state index in [0.29, 0.717) is 11.4 Å². The van der Waals surface area contributed by atoms with Gasteiger partial charge in [0.1, 0.15) is 17.7 Å². The number of carbonyl (C=O) groups is 3. The Hall–Kier alpha value is -5.30. The van der Waals surface area contributed by atoms with Crippen molar-refractivity contribution in [1.82, 2.24) is 35.8 Å². The average Bonchev–Trinajstić information content (AvgIpc) is 3.67. The second-order valence-electron chi connectivity index (χ2n) is 13.4. The van der Waals surface area contributed by atoms with Gasteiger partial charge in [-0.1, -0.05) is 54.6 Å². The van der Waals surface area contributed by atoms with Crippen LogP contribution in [0.4, 0.5) is 14.0 Å². The predicted octanol–water partition coefficient (Wildman–Crippen LogP) is 5.40. The van der Waals surface area contributed by atoms with Crippen molar-refractivity contribution < 1.29 is 28.2 Å². The van der Waals surface area contributed by atoms with Crippen LogP contribution in [0.2, 0.25) is 0 Å². The fourth-order valence-electron chi connectivity index (χ4n) is 6.24. The molecule has 0 bridgehead atoms. The van der Waals surface area contributed by atoms with Gasteiger partial charge in [0.15, 0.2) is 11.6 Å². The van der Waals surface area contributed by atoms with Crippen LogP contribution in [-0.4, -0.2) is 68.6 Å². The lowest BCUT2D eigenvalue weighted by Gasteiger charge is -2.41. The monoisotopic (exact) mass is 669 g/mol. The number of nitrogens with one attached hydrogen (secondary N) is 3. The SMILES string of the molecule is CC(NC(=O)C1(NNC(=O)OCC2c3ccccc3-c3ccccc32)CCN(C(=O)OC(C)(C)C)CC1)c1ccc(-n2cc(F)cn2)nc1. The van der Waals surface area contributed by atoms with Gasteiger partial charge in [0, 0.05) is 25.2 Å². The summed E-state index contributed by atoms with van der Waals surface area (Å²) in [5.41, 5.74) is 8.75.